The molecule has 1 aliphatic heterocycles. The SMILES string of the molecule is Cc1nc(C)c(C(=O)C2=C(O)C(=O)N(CCCn3ccnc3)C2c2cccc(Cl)c2)s1. The fraction of sp³-hybridized carbons (Fsp3) is 0.273. The number of Topliss-reactive ketones (excluding diaryl/α,β-unsaturated/α-hetero) is 1. The van der Waals surface area contributed by atoms with Crippen LogP contribution in [0, 0.1) is 13.8 Å². The van der Waals surface area contributed by atoms with Gasteiger partial charge in [-0.25, -0.2) is 9.97 Å². The van der Waals surface area contributed by atoms with Crippen LogP contribution in [-0.4, -0.2) is 42.8 Å². The fourth-order valence-corrected chi connectivity index (χ4v) is 4.92. The average molecular weight is 457 g/mol. The van der Waals surface area contributed by atoms with Gasteiger partial charge in [-0.2, -0.15) is 0 Å². The molecule has 0 saturated carbocycles. The van der Waals surface area contributed by atoms with E-state index in [0.29, 0.717) is 40.7 Å². The zero-order valence-corrected chi connectivity index (χ0v) is 18.7. The molecule has 1 aliphatic rings. The van der Waals surface area contributed by atoms with Crippen molar-refractivity contribution in [1.82, 2.24) is 19.4 Å². The van der Waals surface area contributed by atoms with Crippen LogP contribution in [0.15, 0.2) is 54.3 Å². The summed E-state index contributed by atoms with van der Waals surface area (Å²) in [6.45, 7) is 4.58. The molecule has 3 heterocycles. The van der Waals surface area contributed by atoms with E-state index >= 15 is 0 Å². The molecule has 4 rings (SSSR count). The molecule has 3 aromatic rings. The Morgan fingerprint density at radius 2 is 2.10 bits per heavy atom. The van der Waals surface area contributed by atoms with Crippen LogP contribution < -0.4 is 0 Å². The van der Waals surface area contributed by atoms with Crippen LogP contribution in [0.4, 0.5) is 0 Å². The summed E-state index contributed by atoms with van der Waals surface area (Å²) in [7, 11) is 0. The summed E-state index contributed by atoms with van der Waals surface area (Å²) in [4.78, 5) is 36.8. The van der Waals surface area contributed by atoms with Crippen LogP contribution in [-0.2, 0) is 11.3 Å². The smallest absolute Gasteiger partial charge is 0.290 e. The average Bonchev–Trinajstić information content (AvgIpc) is 3.42. The van der Waals surface area contributed by atoms with Crippen LogP contribution in [0.2, 0.25) is 5.02 Å². The third kappa shape index (κ3) is 4.13. The maximum atomic E-state index is 13.4. The number of aliphatic hydroxyl groups excluding tert-OH is 1. The van der Waals surface area contributed by atoms with Crippen LogP contribution in [0.5, 0.6) is 0 Å². The summed E-state index contributed by atoms with van der Waals surface area (Å²) in [5, 5.41) is 12.0. The molecule has 2 aromatic heterocycles. The van der Waals surface area contributed by atoms with Crippen molar-refractivity contribution >= 4 is 34.6 Å². The highest BCUT2D eigenvalue weighted by Gasteiger charge is 2.44. The number of thiazole rings is 1. The van der Waals surface area contributed by atoms with Crippen LogP contribution in [0.3, 0.4) is 0 Å². The number of benzene rings is 1. The normalized spacial score (nSPS) is 16.4. The number of amides is 1. The van der Waals surface area contributed by atoms with Crippen LogP contribution >= 0.6 is 22.9 Å². The van der Waals surface area contributed by atoms with Gasteiger partial charge in [-0.05, 0) is 38.0 Å². The van der Waals surface area contributed by atoms with E-state index in [1.54, 1.807) is 37.6 Å². The molecular formula is C22H21ClN4O3S. The predicted molar refractivity (Wildman–Crippen MR) is 118 cm³/mol. The minimum atomic E-state index is -0.719. The molecule has 1 atom stereocenters. The van der Waals surface area contributed by atoms with Gasteiger partial charge in [-0.15, -0.1) is 11.3 Å². The Morgan fingerprint density at radius 1 is 1.29 bits per heavy atom. The second kappa shape index (κ2) is 8.64. The van der Waals surface area contributed by atoms with Crippen molar-refractivity contribution in [2.45, 2.75) is 32.9 Å². The highest BCUT2D eigenvalue weighted by molar-refractivity contribution is 7.14. The van der Waals surface area contributed by atoms with E-state index in [0.717, 1.165) is 5.01 Å². The van der Waals surface area contributed by atoms with E-state index in [9.17, 15) is 14.7 Å². The number of ketones is 1. The summed E-state index contributed by atoms with van der Waals surface area (Å²) in [6.07, 6.45) is 5.88. The van der Waals surface area contributed by atoms with Crippen molar-refractivity contribution in [3.8, 4) is 0 Å². The molecule has 7 nitrogen and oxygen atoms in total. The van der Waals surface area contributed by atoms with E-state index in [2.05, 4.69) is 9.97 Å². The number of carbonyl (C=O) groups is 2. The van der Waals surface area contributed by atoms with E-state index in [4.69, 9.17) is 11.6 Å². The van der Waals surface area contributed by atoms with Crippen molar-refractivity contribution in [1.29, 1.82) is 0 Å². The first-order valence-corrected chi connectivity index (χ1v) is 11.0. The minimum absolute atomic E-state index is 0.0710. The lowest BCUT2D eigenvalue weighted by atomic mass is 9.95. The van der Waals surface area contributed by atoms with Gasteiger partial charge in [0.1, 0.15) is 0 Å². The Kier molecular flexibility index (Phi) is 5.93. The lowest BCUT2D eigenvalue weighted by Crippen LogP contribution is -2.32. The van der Waals surface area contributed by atoms with Gasteiger partial charge in [0.25, 0.3) is 5.91 Å². The monoisotopic (exact) mass is 456 g/mol. The summed E-state index contributed by atoms with van der Waals surface area (Å²) in [5.74, 6) is -1.45. The lowest BCUT2D eigenvalue weighted by molar-refractivity contribution is -0.129. The summed E-state index contributed by atoms with van der Waals surface area (Å²) in [6, 6.07) is 6.31. The quantitative estimate of drug-likeness (QED) is 0.536. The number of halogens is 1. The number of rotatable bonds is 7. The Labute approximate surface area is 188 Å². The molecular weight excluding hydrogens is 436 g/mol. The largest absolute Gasteiger partial charge is 0.503 e. The van der Waals surface area contributed by atoms with Crippen molar-refractivity contribution in [2.75, 3.05) is 6.54 Å². The first-order chi connectivity index (χ1) is 14.9. The second-order valence-corrected chi connectivity index (χ2v) is 8.99. The Hall–Kier alpha value is -2.97. The molecule has 1 aromatic carbocycles. The van der Waals surface area contributed by atoms with Crippen LogP contribution in [0.1, 0.15) is 38.4 Å². The van der Waals surface area contributed by atoms with Gasteiger partial charge in [0.05, 0.1) is 33.5 Å². The molecule has 1 unspecified atom stereocenters. The molecule has 9 heteroatoms. The summed E-state index contributed by atoms with van der Waals surface area (Å²) >= 11 is 7.46. The van der Waals surface area contributed by atoms with E-state index < -0.39 is 17.7 Å². The zero-order valence-electron chi connectivity index (χ0n) is 17.1. The maximum Gasteiger partial charge on any atom is 0.290 e. The zero-order chi connectivity index (χ0) is 22.1. The molecule has 0 fully saturated rings. The number of aromatic nitrogens is 3. The third-order valence-electron chi connectivity index (χ3n) is 5.20. The Morgan fingerprint density at radius 3 is 2.74 bits per heavy atom. The minimum Gasteiger partial charge on any atom is -0.503 e. The molecule has 31 heavy (non-hydrogen) atoms. The lowest BCUT2D eigenvalue weighted by Gasteiger charge is -2.27. The number of hydrogen-bond acceptors (Lipinski definition) is 6. The van der Waals surface area contributed by atoms with Gasteiger partial charge in [-0.1, -0.05) is 23.7 Å². The van der Waals surface area contributed by atoms with Crippen molar-refractivity contribution in [3.63, 3.8) is 0 Å². The third-order valence-corrected chi connectivity index (χ3v) is 6.50. The van der Waals surface area contributed by atoms with Gasteiger partial charge in [0.2, 0.25) is 5.78 Å². The van der Waals surface area contributed by atoms with E-state index in [-0.39, 0.29) is 11.4 Å². The summed E-state index contributed by atoms with van der Waals surface area (Å²) in [5.41, 5.74) is 1.33. The molecule has 0 bridgehead atoms. The molecule has 0 spiro atoms. The second-order valence-electron chi connectivity index (χ2n) is 7.35. The highest BCUT2D eigenvalue weighted by Crippen LogP contribution is 2.40. The highest BCUT2D eigenvalue weighted by atomic mass is 35.5. The number of imidazole rings is 1. The number of nitrogens with zero attached hydrogens (tertiary/aromatic N) is 4. The number of aliphatic hydroxyl groups is 1. The van der Waals surface area contributed by atoms with Gasteiger partial charge in [-0.3, -0.25) is 9.59 Å². The van der Waals surface area contributed by atoms with Crippen molar-refractivity contribution in [2.24, 2.45) is 0 Å². The fourth-order valence-electron chi connectivity index (χ4n) is 3.85. The topological polar surface area (TPSA) is 88.3 Å². The van der Waals surface area contributed by atoms with Gasteiger partial charge in [0, 0.05) is 30.5 Å². The standard InChI is InChI=1S/C22H21ClN4O3S/c1-13-21(31-14(2)25-13)19(28)17-18(15-5-3-6-16(23)11-15)27(22(30)20(17)29)9-4-8-26-10-7-24-12-26/h3,5-7,10-12,18,29H,4,8-9H2,1-2H3. The van der Waals surface area contributed by atoms with Gasteiger partial charge >= 0.3 is 0 Å². The Bertz CT molecular complexity index is 1170. The summed E-state index contributed by atoms with van der Waals surface area (Å²) < 4.78 is 1.91. The molecule has 0 aliphatic carbocycles. The molecule has 0 saturated heterocycles. The Balaban J connectivity index is 1.70. The van der Waals surface area contributed by atoms with Gasteiger partial charge < -0.3 is 14.6 Å². The molecule has 0 radical (unpaired) electrons. The van der Waals surface area contributed by atoms with E-state index in [1.807, 2.05) is 23.8 Å². The maximum absolute atomic E-state index is 13.4. The number of carbonyl (C=O) groups excluding carboxylic acids is 2. The number of aryl methyl sites for hydroxylation is 3. The van der Waals surface area contributed by atoms with Gasteiger partial charge in [0.15, 0.2) is 5.76 Å². The first-order valence-electron chi connectivity index (χ1n) is 9.81. The molecule has 1 N–H and O–H groups in total. The van der Waals surface area contributed by atoms with Crippen LogP contribution in [0.25, 0.3) is 0 Å². The van der Waals surface area contributed by atoms with Crippen molar-refractivity contribution in [3.05, 3.63) is 80.5 Å². The first kappa shape index (κ1) is 21.3. The number of hydrogen-bond donors (Lipinski definition) is 1. The predicted octanol–water partition coefficient (Wildman–Crippen LogP) is 4.28. The molecule has 160 valence electrons. The van der Waals surface area contributed by atoms with E-state index in [1.165, 1.54) is 16.2 Å². The van der Waals surface area contributed by atoms with Crippen molar-refractivity contribution < 1.29 is 14.7 Å². The molecule has 1 amide bonds.